The van der Waals surface area contributed by atoms with Gasteiger partial charge in [-0.1, -0.05) is 37.3 Å². The van der Waals surface area contributed by atoms with Gasteiger partial charge in [0.25, 0.3) is 0 Å². The maximum absolute atomic E-state index is 14.4. The monoisotopic (exact) mass is 491 g/mol. The van der Waals surface area contributed by atoms with Crippen LogP contribution in [0.1, 0.15) is 45.7 Å². The molecule has 0 unspecified atom stereocenters. The number of carbonyl (C=O) groups excluding carboxylic acids is 2. The zero-order chi connectivity index (χ0) is 25.7. The Morgan fingerprint density at radius 2 is 1.65 bits per heavy atom. The average Bonchev–Trinajstić information content (AvgIpc) is 2.74. The molecule has 186 valence electrons. The fourth-order valence-electron chi connectivity index (χ4n) is 3.38. The smallest absolute Gasteiger partial charge is 0.244 e. The topological polar surface area (TPSA) is 86.8 Å². The van der Waals surface area contributed by atoms with E-state index in [0.717, 1.165) is 22.5 Å². The van der Waals surface area contributed by atoms with Crippen molar-refractivity contribution in [3.05, 3.63) is 65.5 Å². The highest BCUT2D eigenvalue weighted by Gasteiger charge is 2.31. The number of sulfonamides is 1. The van der Waals surface area contributed by atoms with Crippen molar-refractivity contribution in [1.82, 2.24) is 10.2 Å². The molecule has 2 rings (SSSR count). The highest BCUT2D eigenvalue weighted by Crippen LogP contribution is 2.21. The number of rotatable bonds is 9. The largest absolute Gasteiger partial charge is 0.350 e. The summed E-state index contributed by atoms with van der Waals surface area (Å²) >= 11 is 0. The Bertz CT molecular complexity index is 1110. The first-order valence-electron chi connectivity index (χ1n) is 11.1. The van der Waals surface area contributed by atoms with Gasteiger partial charge in [0.05, 0.1) is 11.9 Å². The highest BCUT2D eigenvalue weighted by atomic mass is 32.2. The van der Waals surface area contributed by atoms with E-state index in [-0.39, 0.29) is 12.1 Å². The van der Waals surface area contributed by atoms with E-state index in [4.69, 9.17) is 0 Å². The summed E-state index contributed by atoms with van der Waals surface area (Å²) in [6.45, 7) is 8.25. The molecular formula is C25H34FN3O4S. The van der Waals surface area contributed by atoms with Crippen LogP contribution in [0.5, 0.6) is 0 Å². The minimum absolute atomic E-state index is 0.184. The summed E-state index contributed by atoms with van der Waals surface area (Å²) in [5.41, 5.74) is 1.05. The van der Waals surface area contributed by atoms with Crippen molar-refractivity contribution in [3.8, 4) is 0 Å². The van der Waals surface area contributed by atoms with E-state index in [1.165, 1.54) is 23.1 Å². The molecule has 0 saturated carbocycles. The van der Waals surface area contributed by atoms with Gasteiger partial charge in [0.15, 0.2) is 0 Å². The molecule has 0 spiro atoms. The van der Waals surface area contributed by atoms with Crippen LogP contribution < -0.4 is 9.62 Å². The van der Waals surface area contributed by atoms with Crippen LogP contribution in [0, 0.1) is 5.82 Å². The van der Waals surface area contributed by atoms with E-state index < -0.39 is 45.8 Å². The van der Waals surface area contributed by atoms with Crippen LogP contribution in [-0.4, -0.2) is 49.5 Å². The SMILES string of the molecule is CCc1ccc(N(CC(=O)N(Cc2ccccc2F)[C@@H](C)C(=O)NC(C)(C)C)S(C)(=O)=O)cc1. The van der Waals surface area contributed by atoms with Crippen molar-refractivity contribution in [2.24, 2.45) is 0 Å². The van der Waals surface area contributed by atoms with Crippen LogP contribution in [0.2, 0.25) is 0 Å². The quantitative estimate of drug-likeness (QED) is 0.582. The van der Waals surface area contributed by atoms with Crippen molar-refractivity contribution in [2.75, 3.05) is 17.1 Å². The summed E-state index contributed by atoms with van der Waals surface area (Å²) in [5.74, 6) is -1.56. The Morgan fingerprint density at radius 1 is 1.06 bits per heavy atom. The van der Waals surface area contributed by atoms with Crippen LogP contribution in [0.3, 0.4) is 0 Å². The lowest BCUT2D eigenvalue weighted by Gasteiger charge is -2.33. The molecule has 0 radical (unpaired) electrons. The van der Waals surface area contributed by atoms with Crippen molar-refractivity contribution in [3.63, 3.8) is 0 Å². The van der Waals surface area contributed by atoms with E-state index in [1.54, 1.807) is 37.3 Å². The predicted octanol–water partition coefficient (Wildman–Crippen LogP) is 3.49. The van der Waals surface area contributed by atoms with Crippen LogP contribution in [0.15, 0.2) is 48.5 Å². The summed E-state index contributed by atoms with van der Waals surface area (Å²) in [6, 6.07) is 11.9. The first-order valence-corrected chi connectivity index (χ1v) is 13.0. The molecule has 0 saturated heterocycles. The first kappa shape index (κ1) is 27.3. The summed E-state index contributed by atoms with van der Waals surface area (Å²) in [6.07, 6.45) is 1.81. The van der Waals surface area contributed by atoms with Crippen LogP contribution in [-0.2, 0) is 32.6 Å². The molecule has 0 aromatic heterocycles. The number of nitrogens with one attached hydrogen (secondary N) is 1. The normalized spacial score (nSPS) is 12.7. The Balaban J connectivity index is 2.41. The molecule has 0 heterocycles. The van der Waals surface area contributed by atoms with Gasteiger partial charge in [-0.25, -0.2) is 12.8 Å². The molecule has 0 aliphatic heterocycles. The maximum atomic E-state index is 14.4. The molecule has 0 aliphatic carbocycles. The van der Waals surface area contributed by atoms with Crippen LogP contribution in [0.4, 0.5) is 10.1 Å². The zero-order valence-electron chi connectivity index (χ0n) is 20.6. The van der Waals surface area contributed by atoms with Gasteiger partial charge in [-0.2, -0.15) is 0 Å². The Kier molecular flexibility index (Phi) is 8.83. The number of hydrogen-bond donors (Lipinski definition) is 1. The molecule has 1 N–H and O–H groups in total. The molecule has 1 atom stereocenters. The molecule has 7 nitrogen and oxygen atoms in total. The lowest BCUT2D eigenvalue weighted by Crippen LogP contribution is -2.54. The molecule has 0 fully saturated rings. The van der Waals surface area contributed by atoms with E-state index in [0.29, 0.717) is 5.69 Å². The number of amides is 2. The molecule has 0 aliphatic rings. The third kappa shape index (κ3) is 7.55. The third-order valence-corrected chi connectivity index (χ3v) is 6.42. The molecule has 2 aromatic rings. The minimum atomic E-state index is -3.81. The van der Waals surface area contributed by atoms with E-state index >= 15 is 0 Å². The second kappa shape index (κ2) is 11.0. The summed E-state index contributed by atoms with van der Waals surface area (Å²) in [4.78, 5) is 27.5. The second-order valence-electron chi connectivity index (χ2n) is 9.32. The van der Waals surface area contributed by atoms with Gasteiger partial charge in [-0.05, 0) is 57.9 Å². The van der Waals surface area contributed by atoms with Crippen LogP contribution >= 0.6 is 0 Å². The van der Waals surface area contributed by atoms with E-state index in [2.05, 4.69) is 5.32 Å². The van der Waals surface area contributed by atoms with Crippen molar-refractivity contribution >= 4 is 27.5 Å². The number of carbonyl (C=O) groups is 2. The zero-order valence-corrected chi connectivity index (χ0v) is 21.4. The maximum Gasteiger partial charge on any atom is 0.244 e. The summed E-state index contributed by atoms with van der Waals surface area (Å²) in [5, 5.41) is 2.82. The molecule has 9 heteroatoms. The van der Waals surface area contributed by atoms with Gasteiger partial charge in [-0.15, -0.1) is 0 Å². The van der Waals surface area contributed by atoms with Crippen LogP contribution in [0.25, 0.3) is 0 Å². The number of hydrogen-bond acceptors (Lipinski definition) is 4. The summed E-state index contributed by atoms with van der Waals surface area (Å²) in [7, 11) is -3.81. The fourth-order valence-corrected chi connectivity index (χ4v) is 4.23. The number of benzene rings is 2. The van der Waals surface area contributed by atoms with E-state index in [9.17, 15) is 22.4 Å². The lowest BCUT2D eigenvalue weighted by molar-refractivity contribution is -0.140. The molecule has 0 bridgehead atoms. The third-order valence-electron chi connectivity index (χ3n) is 5.28. The van der Waals surface area contributed by atoms with Crippen molar-refractivity contribution in [1.29, 1.82) is 0 Å². The number of aryl methyl sites for hydroxylation is 1. The predicted molar refractivity (Wildman–Crippen MR) is 132 cm³/mol. The van der Waals surface area contributed by atoms with Gasteiger partial charge < -0.3 is 10.2 Å². The Morgan fingerprint density at radius 3 is 2.15 bits per heavy atom. The van der Waals surface area contributed by atoms with Gasteiger partial charge >= 0.3 is 0 Å². The first-order chi connectivity index (χ1) is 15.7. The standard InChI is InChI=1S/C25H34FN3O4S/c1-7-19-12-14-21(15-13-19)29(34(6,32)33)17-23(30)28(16-20-10-8-9-11-22(20)26)18(2)24(31)27-25(3,4)5/h8-15,18H,7,16-17H2,1-6H3,(H,27,31)/t18-/m0/s1. The molecule has 2 amide bonds. The number of halogens is 1. The minimum Gasteiger partial charge on any atom is -0.350 e. The van der Waals surface area contributed by atoms with Gasteiger partial charge in [-0.3, -0.25) is 13.9 Å². The Hall–Kier alpha value is -2.94. The van der Waals surface area contributed by atoms with Crippen molar-refractivity contribution in [2.45, 2.75) is 59.2 Å². The Labute approximate surface area is 202 Å². The molecule has 2 aromatic carbocycles. The van der Waals surface area contributed by atoms with Gasteiger partial charge in [0.1, 0.15) is 18.4 Å². The number of nitrogens with zero attached hydrogens (tertiary/aromatic N) is 2. The summed E-state index contributed by atoms with van der Waals surface area (Å²) < 4.78 is 40.5. The lowest BCUT2D eigenvalue weighted by atomic mass is 10.1. The average molecular weight is 492 g/mol. The van der Waals surface area contributed by atoms with Gasteiger partial charge in [0, 0.05) is 17.6 Å². The molecule has 34 heavy (non-hydrogen) atoms. The van der Waals surface area contributed by atoms with Crippen molar-refractivity contribution < 1.29 is 22.4 Å². The highest BCUT2D eigenvalue weighted by molar-refractivity contribution is 7.92. The molecular weight excluding hydrogens is 457 g/mol. The number of anilines is 1. The van der Waals surface area contributed by atoms with Gasteiger partial charge in [0.2, 0.25) is 21.8 Å². The van der Waals surface area contributed by atoms with E-state index in [1.807, 2.05) is 27.7 Å². The second-order valence-corrected chi connectivity index (χ2v) is 11.2. The fraction of sp³-hybridized carbons (Fsp3) is 0.440.